The highest BCUT2D eigenvalue weighted by Crippen LogP contribution is 2.22. The summed E-state index contributed by atoms with van der Waals surface area (Å²) in [5.41, 5.74) is 4.76. The predicted molar refractivity (Wildman–Crippen MR) is 99.8 cm³/mol. The molecule has 1 unspecified atom stereocenters. The van der Waals surface area contributed by atoms with Crippen LogP contribution >= 0.6 is 0 Å². The van der Waals surface area contributed by atoms with Gasteiger partial charge in [0.1, 0.15) is 0 Å². The zero-order valence-corrected chi connectivity index (χ0v) is 15.2. The molecular weight excluding hydrogens is 312 g/mol. The maximum atomic E-state index is 12.4. The van der Waals surface area contributed by atoms with Crippen molar-refractivity contribution in [3.8, 4) is 0 Å². The summed E-state index contributed by atoms with van der Waals surface area (Å²) in [7, 11) is 0. The van der Waals surface area contributed by atoms with Gasteiger partial charge in [-0.15, -0.1) is 5.10 Å². The van der Waals surface area contributed by atoms with Crippen LogP contribution in [-0.2, 0) is 11.2 Å². The molecule has 3 rings (SSSR count). The molecule has 1 aromatic carbocycles. The Bertz CT molecular complexity index is 722. The van der Waals surface area contributed by atoms with Crippen LogP contribution in [0.5, 0.6) is 0 Å². The summed E-state index contributed by atoms with van der Waals surface area (Å²) in [6.45, 7) is 7.87. The van der Waals surface area contributed by atoms with Crippen molar-refractivity contribution in [1.29, 1.82) is 0 Å². The molecule has 1 aromatic heterocycles. The number of carbonyl (C=O) groups excluding carboxylic acids is 1. The fourth-order valence-corrected chi connectivity index (χ4v) is 3.74. The van der Waals surface area contributed by atoms with Crippen molar-refractivity contribution in [2.45, 2.75) is 46.1 Å². The van der Waals surface area contributed by atoms with Gasteiger partial charge in [-0.05, 0) is 62.4 Å². The number of nitrogens with zero attached hydrogens (tertiary/aromatic N) is 3. The van der Waals surface area contributed by atoms with Gasteiger partial charge in [-0.1, -0.05) is 17.7 Å². The first-order valence-corrected chi connectivity index (χ1v) is 8.92. The van der Waals surface area contributed by atoms with Gasteiger partial charge in [0.05, 0.1) is 6.42 Å². The minimum absolute atomic E-state index is 0.0843. The number of rotatable bonds is 5. The Morgan fingerprint density at radius 2 is 2.04 bits per heavy atom. The van der Waals surface area contributed by atoms with E-state index < -0.39 is 0 Å². The number of anilines is 1. The molecule has 1 amide bonds. The molecule has 1 aliphatic heterocycles. The fraction of sp³-hybridized carbons (Fsp3) is 0.450. The van der Waals surface area contributed by atoms with Crippen molar-refractivity contribution < 1.29 is 4.79 Å². The summed E-state index contributed by atoms with van der Waals surface area (Å²) in [5, 5.41) is 11.3. The number of nitrogens with one attached hydrogen (secondary N) is 1. The zero-order valence-electron chi connectivity index (χ0n) is 15.2. The van der Waals surface area contributed by atoms with Gasteiger partial charge in [0, 0.05) is 25.3 Å². The molecule has 5 heteroatoms. The minimum atomic E-state index is 0.0843. The highest BCUT2D eigenvalue weighted by atomic mass is 16.1. The molecule has 2 aromatic rings. The normalized spacial score (nSPS) is 16.9. The maximum Gasteiger partial charge on any atom is 0.224 e. The first-order valence-electron chi connectivity index (χ1n) is 8.92. The first kappa shape index (κ1) is 17.4. The molecule has 1 N–H and O–H groups in total. The number of hydrogen-bond donors (Lipinski definition) is 1. The molecule has 5 nitrogen and oxygen atoms in total. The van der Waals surface area contributed by atoms with E-state index in [1.807, 2.05) is 12.1 Å². The molecule has 1 atom stereocenters. The van der Waals surface area contributed by atoms with Crippen LogP contribution in [0.2, 0.25) is 0 Å². The molecule has 0 radical (unpaired) electrons. The number of hydrogen-bond acceptors (Lipinski definition) is 4. The van der Waals surface area contributed by atoms with Crippen LogP contribution in [0.1, 0.15) is 35.1 Å². The van der Waals surface area contributed by atoms with Gasteiger partial charge < -0.3 is 10.2 Å². The largest absolute Gasteiger partial charge is 0.354 e. The van der Waals surface area contributed by atoms with E-state index in [9.17, 15) is 4.79 Å². The second kappa shape index (κ2) is 7.64. The van der Waals surface area contributed by atoms with Crippen LogP contribution in [0.3, 0.4) is 0 Å². The quantitative estimate of drug-likeness (QED) is 0.911. The zero-order chi connectivity index (χ0) is 17.8. The van der Waals surface area contributed by atoms with E-state index in [0.29, 0.717) is 19.0 Å². The van der Waals surface area contributed by atoms with Crippen LogP contribution in [0.15, 0.2) is 30.5 Å². The van der Waals surface area contributed by atoms with Crippen molar-refractivity contribution in [2.75, 3.05) is 18.0 Å². The number of carbonyl (C=O) groups is 1. The Kier molecular flexibility index (Phi) is 5.31. The molecule has 25 heavy (non-hydrogen) atoms. The molecule has 0 saturated carbocycles. The van der Waals surface area contributed by atoms with Gasteiger partial charge in [0.15, 0.2) is 5.82 Å². The molecule has 0 bridgehead atoms. The topological polar surface area (TPSA) is 58.1 Å². The summed E-state index contributed by atoms with van der Waals surface area (Å²) < 4.78 is 0. The monoisotopic (exact) mass is 338 g/mol. The molecule has 1 saturated heterocycles. The smallest absolute Gasteiger partial charge is 0.224 e. The van der Waals surface area contributed by atoms with Crippen molar-refractivity contribution in [1.82, 2.24) is 15.5 Å². The highest BCUT2D eigenvalue weighted by molar-refractivity contribution is 5.79. The lowest BCUT2D eigenvalue weighted by atomic mass is 9.97. The van der Waals surface area contributed by atoms with Crippen LogP contribution in [0, 0.1) is 20.8 Å². The van der Waals surface area contributed by atoms with E-state index in [1.54, 1.807) is 6.20 Å². The van der Waals surface area contributed by atoms with Gasteiger partial charge in [-0.3, -0.25) is 4.79 Å². The summed E-state index contributed by atoms with van der Waals surface area (Å²) >= 11 is 0. The summed E-state index contributed by atoms with van der Waals surface area (Å²) in [6.07, 6.45) is 4.31. The van der Waals surface area contributed by atoms with E-state index in [0.717, 1.165) is 30.8 Å². The van der Waals surface area contributed by atoms with E-state index in [2.05, 4.69) is 53.3 Å². The molecular formula is C20H26N4O. The molecule has 1 fully saturated rings. The Balaban J connectivity index is 1.59. The van der Waals surface area contributed by atoms with Gasteiger partial charge in [0.25, 0.3) is 0 Å². The number of aryl methyl sites for hydroxylation is 3. The lowest BCUT2D eigenvalue weighted by Gasteiger charge is -2.25. The third kappa shape index (κ3) is 4.16. The van der Waals surface area contributed by atoms with E-state index in [-0.39, 0.29) is 5.91 Å². The third-order valence-electron chi connectivity index (χ3n) is 4.94. The number of amides is 1. The van der Waals surface area contributed by atoms with E-state index in [1.165, 1.54) is 16.7 Å². The lowest BCUT2D eigenvalue weighted by molar-refractivity contribution is -0.120. The van der Waals surface area contributed by atoms with E-state index >= 15 is 0 Å². The molecule has 0 spiro atoms. The number of aromatic nitrogens is 2. The fourth-order valence-electron chi connectivity index (χ4n) is 3.74. The maximum absolute atomic E-state index is 12.4. The summed E-state index contributed by atoms with van der Waals surface area (Å²) in [6, 6.07) is 8.46. The summed E-state index contributed by atoms with van der Waals surface area (Å²) in [4.78, 5) is 14.7. The van der Waals surface area contributed by atoms with Crippen molar-refractivity contribution in [2.24, 2.45) is 0 Å². The van der Waals surface area contributed by atoms with Gasteiger partial charge >= 0.3 is 0 Å². The Morgan fingerprint density at radius 1 is 1.28 bits per heavy atom. The van der Waals surface area contributed by atoms with Crippen molar-refractivity contribution in [3.05, 3.63) is 52.7 Å². The molecule has 0 aliphatic carbocycles. The average Bonchev–Trinajstić information content (AvgIpc) is 3.05. The van der Waals surface area contributed by atoms with E-state index in [4.69, 9.17) is 0 Å². The second-order valence-corrected chi connectivity index (χ2v) is 6.93. The van der Waals surface area contributed by atoms with Crippen molar-refractivity contribution >= 4 is 11.7 Å². The van der Waals surface area contributed by atoms with Gasteiger partial charge in [-0.2, -0.15) is 5.10 Å². The average molecular weight is 338 g/mol. The van der Waals surface area contributed by atoms with Crippen LogP contribution in [0.25, 0.3) is 0 Å². The minimum Gasteiger partial charge on any atom is -0.354 e. The van der Waals surface area contributed by atoms with Crippen LogP contribution in [0.4, 0.5) is 5.82 Å². The molecule has 1 aliphatic rings. The van der Waals surface area contributed by atoms with Gasteiger partial charge in [-0.25, -0.2) is 0 Å². The number of benzene rings is 1. The third-order valence-corrected chi connectivity index (χ3v) is 4.94. The lowest BCUT2D eigenvalue weighted by Crippen LogP contribution is -2.41. The van der Waals surface area contributed by atoms with Crippen LogP contribution < -0.4 is 10.2 Å². The molecule has 132 valence electrons. The Labute approximate surface area is 149 Å². The Morgan fingerprint density at radius 3 is 2.72 bits per heavy atom. The second-order valence-electron chi connectivity index (χ2n) is 6.93. The highest BCUT2D eigenvalue weighted by Gasteiger charge is 2.26. The van der Waals surface area contributed by atoms with Gasteiger partial charge in [0.2, 0.25) is 5.91 Å². The van der Waals surface area contributed by atoms with Crippen LogP contribution in [-0.4, -0.2) is 35.2 Å². The molecule has 2 heterocycles. The summed E-state index contributed by atoms with van der Waals surface area (Å²) in [5.74, 6) is 0.977. The SMILES string of the molecule is Cc1cc(C)c(CC(=O)NCC2CCCN2c2cccnn2)c(C)c1. The standard InChI is InChI=1S/C20H26N4O/c1-14-10-15(2)18(16(3)11-14)12-20(25)21-13-17-6-5-9-24(17)19-7-4-8-22-23-19/h4,7-8,10-11,17H,5-6,9,12-13H2,1-3H3,(H,21,25). The Hall–Kier alpha value is -2.43. The van der Waals surface area contributed by atoms with Crippen molar-refractivity contribution in [3.63, 3.8) is 0 Å². The first-order chi connectivity index (χ1) is 12.0. The predicted octanol–water partition coefficient (Wildman–Crippen LogP) is 2.73.